The minimum Gasteiger partial charge on any atom is -0.460 e. The van der Waals surface area contributed by atoms with Gasteiger partial charge >= 0.3 is 5.97 Å². The van der Waals surface area contributed by atoms with Crippen LogP contribution in [0, 0.1) is 35.5 Å². The average molecular weight is 1020 g/mol. The van der Waals surface area contributed by atoms with E-state index >= 15 is 0 Å². The molecular formula is C56H91NO15. The smallest absolute Gasteiger partial charge is 0.329 e. The minimum atomic E-state index is -2.44. The van der Waals surface area contributed by atoms with E-state index in [-0.39, 0.29) is 72.9 Å². The topological polar surface area (TPSA) is 203 Å². The molecule has 0 radical (unpaired) electrons. The van der Waals surface area contributed by atoms with E-state index in [4.69, 9.17) is 37.9 Å². The zero-order valence-corrected chi connectivity index (χ0v) is 45.6. The molecule has 0 unspecified atom stereocenters. The molecule has 3 saturated heterocycles. The van der Waals surface area contributed by atoms with Gasteiger partial charge < -0.3 is 53.0 Å². The van der Waals surface area contributed by atoms with Crippen LogP contribution in [0.2, 0.25) is 0 Å². The number of likely N-dealkylation sites (tertiary alicyclic amines) is 1. The molecule has 1 aliphatic carbocycles. The Kier molecular flexibility index (Phi) is 25.4. The molecule has 4 fully saturated rings. The first-order chi connectivity index (χ1) is 34.2. The Labute approximate surface area is 430 Å². The van der Waals surface area contributed by atoms with Crippen molar-refractivity contribution in [3.63, 3.8) is 0 Å². The van der Waals surface area contributed by atoms with Crippen molar-refractivity contribution in [2.75, 3.05) is 54.3 Å². The van der Waals surface area contributed by atoms with Crippen molar-refractivity contribution in [3.05, 3.63) is 35.5 Å². The molecule has 0 bridgehead atoms. The van der Waals surface area contributed by atoms with E-state index in [1.807, 2.05) is 46.8 Å². The van der Waals surface area contributed by atoms with Crippen molar-refractivity contribution in [1.29, 1.82) is 0 Å². The van der Waals surface area contributed by atoms with Gasteiger partial charge in [0.1, 0.15) is 36.2 Å². The summed E-state index contributed by atoms with van der Waals surface area (Å²) in [4.78, 5) is 72.4. The zero-order chi connectivity index (χ0) is 53.3. The second-order valence-electron chi connectivity index (χ2n) is 21.3. The van der Waals surface area contributed by atoms with Gasteiger partial charge in [-0.1, -0.05) is 58.9 Å². The Morgan fingerprint density at radius 2 is 1.58 bits per heavy atom. The molecule has 72 heavy (non-hydrogen) atoms. The molecular weight excluding hydrogens is 927 g/mol. The lowest BCUT2D eigenvalue weighted by atomic mass is 9.78. The monoisotopic (exact) mass is 1020 g/mol. The largest absolute Gasteiger partial charge is 0.460 e. The average Bonchev–Trinajstić information content (AvgIpc) is 3.34. The van der Waals surface area contributed by atoms with Gasteiger partial charge in [0.2, 0.25) is 5.79 Å². The van der Waals surface area contributed by atoms with E-state index in [0.717, 1.165) is 12.0 Å². The maximum absolute atomic E-state index is 14.5. The van der Waals surface area contributed by atoms with Crippen LogP contribution in [-0.4, -0.2) is 159 Å². The van der Waals surface area contributed by atoms with Crippen LogP contribution < -0.4 is 0 Å². The third kappa shape index (κ3) is 16.9. The quantitative estimate of drug-likeness (QED) is 0.0333. The summed E-state index contributed by atoms with van der Waals surface area (Å²) in [5.41, 5.74) is 1.60. The van der Waals surface area contributed by atoms with Crippen LogP contribution in [-0.2, 0) is 61.9 Å². The van der Waals surface area contributed by atoms with Crippen LogP contribution in [0.25, 0.3) is 0 Å². The van der Waals surface area contributed by atoms with Crippen molar-refractivity contribution in [2.24, 2.45) is 35.5 Å². The van der Waals surface area contributed by atoms with Crippen molar-refractivity contribution in [2.45, 2.75) is 200 Å². The standard InChI is InChI=1S/C56H91NO15/c1-13-17-34(3)26-38(7)50(60)52(67-12)51(66-11)39(8)27-36(5)46(59)31-48(37(6)28-41-20-22-45(58)49(29-41)65-10)71-55(63)44-18-15-16-23-57(44)54(62)53(61)56(64)40(9)19-21-42(72-56)30-47(35(4)14-2)70-25-24-69-43-32-68-33-43/h13-14,17,27,34,36-38,40-45,47-49,51-52,58,64H,15-16,18-26,28-33H2,1-12H3/b17-13+,35-14+,39-27+/t34-,36-,37-,38-,40-,41+,42+,44+,45-,47+,48+,49-,51-,52+,56-/m1/s1. The highest BCUT2D eigenvalue weighted by Crippen LogP contribution is 2.38. The number of hydrogen-bond acceptors (Lipinski definition) is 15. The third-order valence-electron chi connectivity index (χ3n) is 15.7. The molecule has 16 nitrogen and oxygen atoms in total. The Balaban J connectivity index is 1.52. The van der Waals surface area contributed by atoms with Gasteiger partial charge in [-0.05, 0) is 121 Å². The number of Topliss-reactive ketones (excluding diaryl/α,β-unsaturated/α-hetero) is 3. The number of aliphatic hydroxyl groups excluding tert-OH is 1. The van der Waals surface area contributed by atoms with Crippen molar-refractivity contribution in [1.82, 2.24) is 4.90 Å². The molecule has 15 atom stereocenters. The van der Waals surface area contributed by atoms with E-state index in [9.17, 15) is 34.2 Å². The predicted octanol–water partition coefficient (Wildman–Crippen LogP) is 7.09. The van der Waals surface area contributed by atoms with Crippen LogP contribution in [0.15, 0.2) is 35.5 Å². The molecule has 0 aromatic heterocycles. The predicted molar refractivity (Wildman–Crippen MR) is 272 cm³/mol. The Morgan fingerprint density at radius 1 is 0.875 bits per heavy atom. The Morgan fingerprint density at radius 3 is 2.21 bits per heavy atom. The normalized spacial score (nSPS) is 29.1. The first-order valence-electron chi connectivity index (χ1n) is 26.8. The Hall–Kier alpha value is -3.19. The fraction of sp³-hybridized carbons (Fsp3) is 0.804. The number of hydrogen-bond donors (Lipinski definition) is 2. The first kappa shape index (κ1) is 61.4. The second-order valence-corrected chi connectivity index (χ2v) is 21.3. The summed E-state index contributed by atoms with van der Waals surface area (Å²) < 4.78 is 46.9. The van der Waals surface area contributed by atoms with E-state index in [1.54, 1.807) is 34.0 Å². The first-order valence-corrected chi connectivity index (χ1v) is 26.8. The summed E-state index contributed by atoms with van der Waals surface area (Å²) in [6, 6.07) is -1.14. The van der Waals surface area contributed by atoms with Crippen LogP contribution in [0.5, 0.6) is 0 Å². The van der Waals surface area contributed by atoms with Crippen LogP contribution in [0.1, 0.15) is 139 Å². The summed E-state index contributed by atoms with van der Waals surface area (Å²) in [5.74, 6) is -7.32. The van der Waals surface area contributed by atoms with Gasteiger partial charge in [-0.3, -0.25) is 19.2 Å². The molecule has 3 aliphatic heterocycles. The van der Waals surface area contributed by atoms with Gasteiger partial charge in [-0.2, -0.15) is 0 Å². The molecule has 4 aliphatic rings. The Bertz CT molecular complexity index is 1850. The fourth-order valence-electron chi connectivity index (χ4n) is 10.9. The number of ether oxygens (including phenoxy) is 8. The molecule has 410 valence electrons. The molecule has 3 heterocycles. The van der Waals surface area contributed by atoms with E-state index in [1.165, 1.54) is 19.1 Å². The molecule has 16 heteroatoms. The molecule has 1 amide bonds. The molecule has 2 N–H and O–H groups in total. The third-order valence-corrected chi connectivity index (χ3v) is 15.7. The summed E-state index contributed by atoms with van der Waals surface area (Å²) in [7, 11) is 4.56. The summed E-state index contributed by atoms with van der Waals surface area (Å²) in [6.07, 6.45) is 8.95. The maximum atomic E-state index is 14.5. The second kappa shape index (κ2) is 29.8. The summed E-state index contributed by atoms with van der Waals surface area (Å²) in [6.45, 7) is 18.9. The molecule has 0 aromatic carbocycles. The number of esters is 1. The number of piperidine rings is 1. The van der Waals surface area contributed by atoms with Gasteiger partial charge in [0, 0.05) is 58.5 Å². The minimum absolute atomic E-state index is 0.0632. The SMILES string of the molecule is C/C=C/[C@@H](C)C[C@@H](C)C(=O)[C@H](OC)[C@H](OC)/C(C)=C/[C@@H](C)C(=O)C[C@H](OC(=O)[C@@H]1CCCCN1C(=O)C(=O)[C@]1(O)O[C@H](C[C@H](OCCOC2COC2)/C(C)=C/C)CC[C@H]1C)[C@H](C)C[C@@H]1CC[C@@H](O)[C@H](OC)C1. The maximum Gasteiger partial charge on any atom is 0.329 e. The van der Waals surface area contributed by atoms with Gasteiger partial charge in [0.05, 0.1) is 50.8 Å². The van der Waals surface area contributed by atoms with Gasteiger partial charge in [-0.15, -0.1) is 0 Å². The van der Waals surface area contributed by atoms with E-state index < -0.39 is 71.8 Å². The number of nitrogens with zero attached hydrogens (tertiary/aromatic N) is 1. The lowest BCUT2D eigenvalue weighted by molar-refractivity contribution is -0.266. The zero-order valence-electron chi connectivity index (χ0n) is 45.6. The number of aliphatic hydroxyl groups is 2. The number of methoxy groups -OCH3 is 3. The van der Waals surface area contributed by atoms with Crippen molar-refractivity contribution < 1.29 is 72.1 Å². The molecule has 1 saturated carbocycles. The van der Waals surface area contributed by atoms with E-state index in [2.05, 4.69) is 13.0 Å². The highest BCUT2D eigenvalue weighted by molar-refractivity contribution is 6.39. The molecule has 0 spiro atoms. The number of amides is 1. The molecule has 0 aromatic rings. The number of carbonyl (C=O) groups is 5. The number of ketones is 3. The van der Waals surface area contributed by atoms with Crippen LogP contribution >= 0.6 is 0 Å². The van der Waals surface area contributed by atoms with Crippen molar-refractivity contribution in [3.8, 4) is 0 Å². The fourth-order valence-corrected chi connectivity index (χ4v) is 10.9. The van der Waals surface area contributed by atoms with Crippen LogP contribution in [0.4, 0.5) is 0 Å². The summed E-state index contributed by atoms with van der Waals surface area (Å²) in [5, 5.41) is 22.6. The number of rotatable bonds is 29. The van der Waals surface area contributed by atoms with Gasteiger partial charge in [-0.25, -0.2) is 4.79 Å². The number of carbonyl (C=O) groups excluding carboxylic acids is 5. The van der Waals surface area contributed by atoms with Crippen LogP contribution in [0.3, 0.4) is 0 Å². The molecule has 4 rings (SSSR count). The number of allylic oxidation sites excluding steroid dienone is 4. The highest BCUT2D eigenvalue weighted by atomic mass is 16.6. The van der Waals surface area contributed by atoms with Crippen molar-refractivity contribution >= 4 is 29.2 Å². The van der Waals surface area contributed by atoms with Gasteiger partial charge in [0.25, 0.3) is 11.7 Å². The van der Waals surface area contributed by atoms with Gasteiger partial charge in [0.15, 0.2) is 5.78 Å². The lowest BCUT2D eigenvalue weighted by Crippen LogP contribution is -2.61. The highest BCUT2D eigenvalue weighted by Gasteiger charge is 2.53. The lowest BCUT2D eigenvalue weighted by Gasteiger charge is -2.43. The van der Waals surface area contributed by atoms with E-state index in [0.29, 0.717) is 89.8 Å². The summed E-state index contributed by atoms with van der Waals surface area (Å²) >= 11 is 0.